The molecule has 1 saturated heterocycles. The van der Waals surface area contributed by atoms with Crippen LogP contribution in [0.4, 0.5) is 0 Å². The number of nitrogens with one attached hydrogen (secondary N) is 1. The van der Waals surface area contributed by atoms with Crippen LogP contribution in [0.15, 0.2) is 36.4 Å². The Balaban J connectivity index is 1.36. The highest BCUT2D eigenvalue weighted by atomic mass is 16.3. The third-order valence-electron chi connectivity index (χ3n) is 5.72. The number of carbonyl (C=O) groups is 1. The van der Waals surface area contributed by atoms with Crippen molar-refractivity contribution in [3.63, 3.8) is 0 Å². The zero-order valence-corrected chi connectivity index (χ0v) is 15.7. The molecule has 0 bridgehead atoms. The maximum Gasteiger partial charge on any atom is 0.274 e. The fraction of sp³-hybridized carbons (Fsp3) is 0.524. The fourth-order valence-electron chi connectivity index (χ4n) is 3.92. The van der Waals surface area contributed by atoms with Crippen molar-refractivity contribution in [3.8, 4) is 0 Å². The van der Waals surface area contributed by atoms with Crippen molar-refractivity contribution in [1.82, 2.24) is 20.0 Å². The largest absolute Gasteiger partial charge is 0.396 e. The number of nitrogens with zero attached hydrogens (tertiary/aromatic N) is 3. The first kappa shape index (κ1) is 18.2. The first-order valence-corrected chi connectivity index (χ1v) is 9.98. The zero-order chi connectivity index (χ0) is 18.6. The molecule has 27 heavy (non-hydrogen) atoms. The van der Waals surface area contributed by atoms with Gasteiger partial charge in [0.05, 0.1) is 0 Å². The molecule has 0 spiro atoms. The lowest BCUT2D eigenvalue weighted by Crippen LogP contribution is -2.55. The van der Waals surface area contributed by atoms with Crippen molar-refractivity contribution in [2.45, 2.75) is 37.6 Å². The summed E-state index contributed by atoms with van der Waals surface area (Å²) in [6.07, 6.45) is 4.05. The van der Waals surface area contributed by atoms with Crippen LogP contribution in [-0.4, -0.2) is 69.8 Å². The van der Waals surface area contributed by atoms with E-state index < -0.39 is 0 Å². The van der Waals surface area contributed by atoms with Gasteiger partial charge in [0.1, 0.15) is 5.69 Å². The van der Waals surface area contributed by atoms with Crippen molar-refractivity contribution in [2.75, 3.05) is 32.8 Å². The second-order valence-corrected chi connectivity index (χ2v) is 7.67. The molecule has 0 unspecified atom stereocenters. The van der Waals surface area contributed by atoms with Gasteiger partial charge in [-0.1, -0.05) is 30.3 Å². The SMILES string of the molecule is O=C(c1cc(C2CC2)[nH]n1)N1CCN(CCc2ccccc2)[C@@H](CCO)C1. The molecule has 144 valence electrons. The van der Waals surface area contributed by atoms with E-state index in [1.807, 2.05) is 17.0 Å². The molecule has 1 amide bonds. The molecule has 1 aliphatic heterocycles. The Bertz CT molecular complexity index is 757. The summed E-state index contributed by atoms with van der Waals surface area (Å²) in [5, 5.41) is 16.8. The lowest BCUT2D eigenvalue weighted by Gasteiger charge is -2.41. The van der Waals surface area contributed by atoms with Gasteiger partial charge in [0.15, 0.2) is 0 Å². The number of hydrogen-bond acceptors (Lipinski definition) is 4. The summed E-state index contributed by atoms with van der Waals surface area (Å²) >= 11 is 0. The molecule has 6 heteroatoms. The number of rotatable bonds is 7. The molecule has 2 N–H and O–H groups in total. The highest BCUT2D eigenvalue weighted by molar-refractivity contribution is 5.92. The van der Waals surface area contributed by atoms with Crippen LogP contribution in [-0.2, 0) is 6.42 Å². The molecule has 0 radical (unpaired) electrons. The van der Waals surface area contributed by atoms with Gasteiger partial charge in [0.2, 0.25) is 0 Å². The molecule has 1 saturated carbocycles. The van der Waals surface area contributed by atoms with Crippen LogP contribution >= 0.6 is 0 Å². The number of piperazine rings is 1. The van der Waals surface area contributed by atoms with Crippen LogP contribution in [0, 0.1) is 0 Å². The number of carbonyl (C=O) groups excluding carboxylic acids is 1. The average Bonchev–Trinajstić information content (AvgIpc) is 3.44. The van der Waals surface area contributed by atoms with Crippen molar-refractivity contribution in [3.05, 3.63) is 53.3 Å². The number of aliphatic hydroxyl groups is 1. The molecule has 2 aliphatic rings. The van der Waals surface area contributed by atoms with Gasteiger partial charge in [-0.05, 0) is 37.3 Å². The number of hydrogen-bond donors (Lipinski definition) is 2. The van der Waals surface area contributed by atoms with Crippen LogP contribution in [0.2, 0.25) is 0 Å². The van der Waals surface area contributed by atoms with Crippen LogP contribution < -0.4 is 0 Å². The van der Waals surface area contributed by atoms with E-state index in [9.17, 15) is 9.90 Å². The molecular formula is C21H28N4O2. The first-order chi connectivity index (χ1) is 13.2. The van der Waals surface area contributed by atoms with Gasteiger partial charge in [-0.2, -0.15) is 5.10 Å². The molecule has 2 aromatic rings. The predicted molar refractivity (Wildman–Crippen MR) is 104 cm³/mol. The number of amides is 1. The molecule has 2 fully saturated rings. The van der Waals surface area contributed by atoms with Crippen molar-refractivity contribution >= 4 is 5.91 Å². The van der Waals surface area contributed by atoms with E-state index in [1.165, 1.54) is 18.4 Å². The van der Waals surface area contributed by atoms with Gasteiger partial charge >= 0.3 is 0 Å². The van der Waals surface area contributed by atoms with Crippen molar-refractivity contribution in [2.24, 2.45) is 0 Å². The summed E-state index contributed by atoms with van der Waals surface area (Å²) in [5.41, 5.74) is 2.94. The van der Waals surface area contributed by atoms with E-state index in [-0.39, 0.29) is 18.6 Å². The quantitative estimate of drug-likeness (QED) is 0.784. The molecule has 2 heterocycles. The Labute approximate surface area is 160 Å². The lowest BCUT2D eigenvalue weighted by molar-refractivity contribution is 0.0421. The van der Waals surface area contributed by atoms with Crippen LogP contribution in [0.1, 0.15) is 46.9 Å². The topological polar surface area (TPSA) is 72.5 Å². The summed E-state index contributed by atoms with van der Waals surface area (Å²) in [7, 11) is 0. The minimum absolute atomic E-state index is 0.00352. The number of aromatic nitrogens is 2. The summed E-state index contributed by atoms with van der Waals surface area (Å²) in [4.78, 5) is 17.2. The Morgan fingerprint density at radius 1 is 1.22 bits per heavy atom. The van der Waals surface area contributed by atoms with Gasteiger partial charge in [0, 0.05) is 50.4 Å². The van der Waals surface area contributed by atoms with E-state index in [4.69, 9.17) is 0 Å². The minimum atomic E-state index is 0.00352. The van der Waals surface area contributed by atoms with E-state index >= 15 is 0 Å². The number of H-pyrrole nitrogens is 1. The second-order valence-electron chi connectivity index (χ2n) is 7.67. The molecule has 1 aromatic carbocycles. The zero-order valence-electron chi connectivity index (χ0n) is 15.7. The Morgan fingerprint density at radius 3 is 2.78 bits per heavy atom. The Kier molecular flexibility index (Phi) is 5.55. The average molecular weight is 368 g/mol. The molecule has 1 aliphatic carbocycles. The standard InChI is InChI=1S/C21H28N4O2/c26-13-9-18-15-25(21(27)20-14-19(22-23-20)17-6-7-17)12-11-24(18)10-8-16-4-2-1-3-5-16/h1-5,14,17-18,26H,6-13,15H2,(H,22,23)/t18-/m0/s1. The molecule has 6 nitrogen and oxygen atoms in total. The van der Waals surface area contributed by atoms with Crippen LogP contribution in [0.5, 0.6) is 0 Å². The number of aliphatic hydroxyl groups excluding tert-OH is 1. The van der Waals surface area contributed by atoms with E-state index in [0.29, 0.717) is 31.1 Å². The number of benzene rings is 1. The highest BCUT2D eigenvalue weighted by Crippen LogP contribution is 2.39. The Morgan fingerprint density at radius 2 is 2.04 bits per heavy atom. The van der Waals surface area contributed by atoms with Gasteiger partial charge < -0.3 is 10.0 Å². The van der Waals surface area contributed by atoms with Gasteiger partial charge in [-0.15, -0.1) is 0 Å². The highest BCUT2D eigenvalue weighted by Gasteiger charge is 2.32. The third-order valence-corrected chi connectivity index (χ3v) is 5.72. The Hall–Kier alpha value is -2.18. The summed E-state index contributed by atoms with van der Waals surface area (Å²) in [6.45, 7) is 3.29. The van der Waals surface area contributed by atoms with E-state index in [0.717, 1.165) is 25.2 Å². The fourth-order valence-corrected chi connectivity index (χ4v) is 3.92. The van der Waals surface area contributed by atoms with Crippen molar-refractivity contribution in [1.29, 1.82) is 0 Å². The first-order valence-electron chi connectivity index (χ1n) is 9.98. The smallest absolute Gasteiger partial charge is 0.274 e. The van der Waals surface area contributed by atoms with Gasteiger partial charge in [0.25, 0.3) is 5.91 Å². The maximum atomic E-state index is 12.9. The van der Waals surface area contributed by atoms with E-state index in [2.05, 4.69) is 39.4 Å². The van der Waals surface area contributed by atoms with Gasteiger partial charge in [-0.25, -0.2) is 0 Å². The third kappa shape index (κ3) is 4.39. The summed E-state index contributed by atoms with van der Waals surface area (Å²) in [5.74, 6) is 0.569. The monoisotopic (exact) mass is 368 g/mol. The second kappa shape index (κ2) is 8.23. The van der Waals surface area contributed by atoms with Crippen LogP contribution in [0.3, 0.4) is 0 Å². The lowest BCUT2D eigenvalue weighted by atomic mass is 10.1. The molecule has 4 rings (SSSR count). The maximum absolute atomic E-state index is 12.9. The molecule has 1 aromatic heterocycles. The van der Waals surface area contributed by atoms with Crippen molar-refractivity contribution < 1.29 is 9.90 Å². The summed E-state index contributed by atoms with van der Waals surface area (Å²) < 4.78 is 0. The van der Waals surface area contributed by atoms with Gasteiger partial charge in [-0.3, -0.25) is 14.8 Å². The molecule has 1 atom stereocenters. The molecular weight excluding hydrogens is 340 g/mol. The predicted octanol–water partition coefficient (Wildman–Crippen LogP) is 2.04. The minimum Gasteiger partial charge on any atom is -0.396 e. The normalized spacial score (nSPS) is 20.8. The number of aromatic amines is 1. The van der Waals surface area contributed by atoms with E-state index in [1.54, 1.807) is 0 Å². The summed E-state index contributed by atoms with van der Waals surface area (Å²) in [6, 6.07) is 12.6. The van der Waals surface area contributed by atoms with Crippen LogP contribution in [0.25, 0.3) is 0 Å².